The zero-order chi connectivity index (χ0) is 17.1. The summed E-state index contributed by atoms with van der Waals surface area (Å²) in [6.45, 7) is 17.4. The third-order valence-electron chi connectivity index (χ3n) is 4.46. The van der Waals surface area contributed by atoms with Crippen LogP contribution in [-0.4, -0.2) is 62.2 Å². The average molecular weight is 320 g/mol. The molecule has 0 saturated heterocycles. The minimum atomic E-state index is 0.485. The number of likely N-dealkylation sites (N-methyl/N-ethyl adjacent to an activating group) is 3. The molecule has 0 spiro atoms. The summed E-state index contributed by atoms with van der Waals surface area (Å²) in [5, 5.41) is 2.96. The van der Waals surface area contributed by atoms with Crippen molar-refractivity contribution in [3.63, 3.8) is 0 Å². The van der Waals surface area contributed by atoms with E-state index in [1.165, 1.54) is 0 Å². The molecule has 0 radical (unpaired) electrons. The lowest BCUT2D eigenvalue weighted by Crippen LogP contribution is -2.39. The van der Waals surface area contributed by atoms with Gasteiger partial charge < -0.3 is 14.7 Å². The summed E-state index contributed by atoms with van der Waals surface area (Å²) in [6.07, 6.45) is 0. The van der Waals surface area contributed by atoms with E-state index in [0.29, 0.717) is 5.69 Å². The molecular formula is C18H32N4O. The Balaban J connectivity index is 2.51. The van der Waals surface area contributed by atoms with E-state index < -0.39 is 0 Å². The van der Waals surface area contributed by atoms with Crippen molar-refractivity contribution >= 4 is 11.4 Å². The molecule has 0 fully saturated rings. The Labute approximate surface area is 141 Å². The van der Waals surface area contributed by atoms with E-state index in [0.717, 1.165) is 58.0 Å². The Morgan fingerprint density at radius 2 is 1.26 bits per heavy atom. The lowest BCUT2D eigenvalue weighted by Gasteiger charge is -2.29. The maximum absolute atomic E-state index is 10.5. The Hall–Kier alpha value is -1.46. The first-order valence-corrected chi connectivity index (χ1v) is 8.81. The molecule has 0 bridgehead atoms. The zero-order valence-electron chi connectivity index (χ0n) is 15.2. The van der Waals surface area contributed by atoms with Crippen molar-refractivity contribution in [2.24, 2.45) is 5.18 Å². The highest BCUT2D eigenvalue weighted by Crippen LogP contribution is 2.19. The fraction of sp³-hybridized carbons (Fsp3) is 0.667. The van der Waals surface area contributed by atoms with Gasteiger partial charge in [-0.05, 0) is 56.0 Å². The van der Waals surface area contributed by atoms with E-state index in [4.69, 9.17) is 0 Å². The molecule has 0 aromatic heterocycles. The van der Waals surface area contributed by atoms with E-state index in [2.05, 4.69) is 47.6 Å². The molecule has 0 N–H and O–H groups in total. The summed E-state index contributed by atoms with van der Waals surface area (Å²) < 4.78 is 0. The topological polar surface area (TPSA) is 39.1 Å². The molecule has 0 unspecified atom stereocenters. The van der Waals surface area contributed by atoms with Crippen molar-refractivity contribution in [3.05, 3.63) is 29.2 Å². The molecule has 1 aromatic carbocycles. The summed E-state index contributed by atoms with van der Waals surface area (Å²) in [6, 6.07) is 7.52. The Morgan fingerprint density at radius 3 is 1.74 bits per heavy atom. The predicted octanol–water partition coefficient (Wildman–Crippen LogP) is 3.57. The highest BCUT2D eigenvalue weighted by atomic mass is 16.3. The van der Waals surface area contributed by atoms with Gasteiger partial charge in [0.1, 0.15) is 5.69 Å². The van der Waals surface area contributed by atoms with Crippen LogP contribution in [0.1, 0.15) is 27.7 Å². The lowest BCUT2D eigenvalue weighted by atomic mass is 10.2. The fourth-order valence-corrected chi connectivity index (χ4v) is 2.71. The minimum Gasteiger partial charge on any atom is -0.371 e. The van der Waals surface area contributed by atoms with E-state index >= 15 is 0 Å². The number of hydrogen-bond donors (Lipinski definition) is 0. The highest BCUT2D eigenvalue weighted by Gasteiger charge is 2.09. The first-order chi connectivity index (χ1) is 11.2. The summed E-state index contributed by atoms with van der Waals surface area (Å²) in [7, 11) is 0. The third-order valence-corrected chi connectivity index (χ3v) is 4.46. The predicted molar refractivity (Wildman–Crippen MR) is 99.7 cm³/mol. The second kappa shape index (κ2) is 11.1. The molecule has 0 saturated carbocycles. The van der Waals surface area contributed by atoms with Crippen LogP contribution in [0.2, 0.25) is 0 Å². The van der Waals surface area contributed by atoms with E-state index in [9.17, 15) is 4.91 Å². The normalized spacial score (nSPS) is 11.2. The SMILES string of the molecule is CCN(CC)CCN(CC)CCN(CC)c1ccc(N=O)cc1. The Bertz CT molecular complexity index is 431. The van der Waals surface area contributed by atoms with Crippen LogP contribution in [0, 0.1) is 4.91 Å². The second-order valence-corrected chi connectivity index (χ2v) is 5.65. The fourth-order valence-electron chi connectivity index (χ4n) is 2.71. The molecule has 0 amide bonds. The maximum Gasteiger partial charge on any atom is 0.108 e. The van der Waals surface area contributed by atoms with Crippen LogP contribution in [0.3, 0.4) is 0 Å². The molecular weight excluding hydrogens is 288 g/mol. The van der Waals surface area contributed by atoms with Crippen LogP contribution < -0.4 is 4.90 Å². The number of anilines is 1. The van der Waals surface area contributed by atoms with Crippen LogP contribution in [-0.2, 0) is 0 Å². The summed E-state index contributed by atoms with van der Waals surface area (Å²) in [4.78, 5) is 17.8. The molecule has 0 aliphatic rings. The molecule has 5 heteroatoms. The first-order valence-electron chi connectivity index (χ1n) is 8.81. The summed E-state index contributed by atoms with van der Waals surface area (Å²) in [5.41, 5.74) is 1.64. The zero-order valence-corrected chi connectivity index (χ0v) is 15.2. The molecule has 5 nitrogen and oxygen atoms in total. The van der Waals surface area contributed by atoms with Crippen LogP contribution in [0.15, 0.2) is 29.4 Å². The summed E-state index contributed by atoms with van der Waals surface area (Å²) in [5.74, 6) is 0. The monoisotopic (exact) mass is 320 g/mol. The van der Waals surface area contributed by atoms with Crippen LogP contribution in [0.25, 0.3) is 0 Å². The molecule has 1 rings (SSSR count). The van der Waals surface area contributed by atoms with E-state index in [1.807, 2.05) is 12.1 Å². The lowest BCUT2D eigenvalue weighted by molar-refractivity contribution is 0.223. The standard InChI is InChI=1S/C18H32N4O/c1-5-20(6-2)13-14-21(7-3)15-16-22(8-4)18-11-9-17(19-23)10-12-18/h9-12H,5-8,13-16H2,1-4H3. The molecule has 1 aromatic rings. The number of nitrogens with zero attached hydrogens (tertiary/aromatic N) is 4. The maximum atomic E-state index is 10.5. The van der Waals surface area contributed by atoms with Crippen molar-refractivity contribution < 1.29 is 0 Å². The van der Waals surface area contributed by atoms with Gasteiger partial charge in [0, 0.05) is 38.4 Å². The number of rotatable bonds is 12. The van der Waals surface area contributed by atoms with Gasteiger partial charge in [0.2, 0.25) is 0 Å². The van der Waals surface area contributed by atoms with Crippen molar-refractivity contribution in [3.8, 4) is 0 Å². The van der Waals surface area contributed by atoms with Crippen molar-refractivity contribution in [1.29, 1.82) is 0 Å². The Morgan fingerprint density at radius 1 is 0.739 bits per heavy atom. The molecule has 0 heterocycles. The van der Waals surface area contributed by atoms with Gasteiger partial charge in [-0.25, -0.2) is 0 Å². The Kier molecular flexibility index (Phi) is 9.48. The van der Waals surface area contributed by atoms with Gasteiger partial charge in [-0.1, -0.05) is 20.8 Å². The van der Waals surface area contributed by atoms with E-state index in [1.54, 1.807) is 12.1 Å². The highest BCUT2D eigenvalue weighted by molar-refractivity contribution is 5.52. The second-order valence-electron chi connectivity index (χ2n) is 5.65. The molecule has 23 heavy (non-hydrogen) atoms. The largest absolute Gasteiger partial charge is 0.371 e. The van der Waals surface area contributed by atoms with Gasteiger partial charge in [0.15, 0.2) is 0 Å². The van der Waals surface area contributed by atoms with Gasteiger partial charge in [-0.2, -0.15) is 0 Å². The molecule has 0 atom stereocenters. The number of hydrogen-bond acceptors (Lipinski definition) is 5. The van der Waals surface area contributed by atoms with Crippen LogP contribution in [0.4, 0.5) is 11.4 Å². The average Bonchev–Trinajstić information content (AvgIpc) is 2.61. The van der Waals surface area contributed by atoms with Gasteiger partial charge in [0.25, 0.3) is 0 Å². The molecule has 0 aliphatic heterocycles. The van der Waals surface area contributed by atoms with Gasteiger partial charge >= 0.3 is 0 Å². The number of benzene rings is 1. The third kappa shape index (κ3) is 6.67. The summed E-state index contributed by atoms with van der Waals surface area (Å²) >= 11 is 0. The van der Waals surface area contributed by atoms with E-state index in [-0.39, 0.29) is 0 Å². The van der Waals surface area contributed by atoms with Gasteiger partial charge in [0.05, 0.1) is 0 Å². The number of nitroso groups, excluding NO2 is 1. The van der Waals surface area contributed by atoms with Crippen LogP contribution >= 0.6 is 0 Å². The smallest absolute Gasteiger partial charge is 0.108 e. The van der Waals surface area contributed by atoms with Crippen LogP contribution in [0.5, 0.6) is 0 Å². The van der Waals surface area contributed by atoms with Crippen molar-refractivity contribution in [2.45, 2.75) is 27.7 Å². The molecule has 130 valence electrons. The first kappa shape index (κ1) is 19.6. The minimum absolute atomic E-state index is 0.485. The quantitative estimate of drug-likeness (QED) is 0.552. The molecule has 0 aliphatic carbocycles. The van der Waals surface area contributed by atoms with Crippen molar-refractivity contribution in [1.82, 2.24) is 9.80 Å². The van der Waals surface area contributed by atoms with Gasteiger partial charge in [-0.15, -0.1) is 4.91 Å². The van der Waals surface area contributed by atoms with Gasteiger partial charge in [-0.3, -0.25) is 0 Å². The van der Waals surface area contributed by atoms with Crippen molar-refractivity contribution in [2.75, 3.05) is 57.3 Å².